The molecular weight excluding hydrogens is 556 g/mol. The van der Waals surface area contributed by atoms with Crippen LogP contribution in [-0.2, 0) is 23.1 Å². The number of pyridine rings is 1. The van der Waals surface area contributed by atoms with E-state index >= 15 is 0 Å². The number of thiophene rings is 1. The minimum Gasteiger partial charge on any atom is -0.480 e. The normalized spacial score (nSPS) is 14.7. The van der Waals surface area contributed by atoms with E-state index in [1.54, 1.807) is 17.4 Å². The van der Waals surface area contributed by atoms with E-state index in [1.165, 1.54) is 23.3 Å². The van der Waals surface area contributed by atoms with Crippen molar-refractivity contribution in [2.45, 2.75) is 90.5 Å². The standard InChI is InChI=1S/C36H42N2O4S/c1-22(2)33-17-15-28(43-33)21-32(35(40)41)38-34(39)31-20-24-19-27(42-26-12-10-25(11-13-26)36(3,4)5)14-16-29(24)30(37-31)18-23-8-6-7-9-23/h10-17,19-20,22-23,32H,6-9,18,21H2,1-5H3,(H,38,39)(H,40,41)/t32-/m0/s1. The molecule has 2 N–H and O–H groups in total. The number of carboxylic acid groups (broad SMARTS) is 1. The monoisotopic (exact) mass is 598 g/mol. The Kier molecular flexibility index (Phi) is 9.21. The number of carbonyl (C=O) groups excluding carboxylic acids is 1. The summed E-state index contributed by atoms with van der Waals surface area (Å²) in [6, 6.07) is 18.7. The highest BCUT2D eigenvalue weighted by Crippen LogP contribution is 2.33. The van der Waals surface area contributed by atoms with Gasteiger partial charge in [-0.2, -0.15) is 0 Å². The van der Waals surface area contributed by atoms with Gasteiger partial charge in [0.25, 0.3) is 5.91 Å². The molecule has 4 aromatic rings. The number of carboxylic acids is 1. The van der Waals surface area contributed by atoms with Gasteiger partial charge >= 0.3 is 5.97 Å². The molecule has 0 saturated heterocycles. The molecule has 43 heavy (non-hydrogen) atoms. The zero-order valence-electron chi connectivity index (χ0n) is 25.8. The number of ether oxygens (including phenoxy) is 1. The van der Waals surface area contributed by atoms with Gasteiger partial charge in [-0.05, 0) is 83.2 Å². The maximum absolute atomic E-state index is 13.5. The van der Waals surface area contributed by atoms with Gasteiger partial charge in [-0.25, -0.2) is 9.78 Å². The van der Waals surface area contributed by atoms with Crippen LogP contribution in [0.4, 0.5) is 0 Å². The summed E-state index contributed by atoms with van der Waals surface area (Å²) < 4.78 is 6.21. The van der Waals surface area contributed by atoms with E-state index in [1.807, 2.05) is 42.5 Å². The number of aliphatic carboxylic acids is 1. The summed E-state index contributed by atoms with van der Waals surface area (Å²) in [4.78, 5) is 32.6. The first-order valence-electron chi connectivity index (χ1n) is 15.3. The van der Waals surface area contributed by atoms with Crippen LogP contribution in [0.25, 0.3) is 10.8 Å². The molecule has 2 aromatic carbocycles. The smallest absolute Gasteiger partial charge is 0.326 e. The minimum atomic E-state index is -1.06. The van der Waals surface area contributed by atoms with Crippen molar-refractivity contribution in [2.75, 3.05) is 0 Å². The summed E-state index contributed by atoms with van der Waals surface area (Å²) >= 11 is 1.59. The number of hydrogen-bond acceptors (Lipinski definition) is 5. The number of carbonyl (C=O) groups is 2. The molecule has 1 atom stereocenters. The summed E-state index contributed by atoms with van der Waals surface area (Å²) in [6.45, 7) is 10.8. The fraction of sp³-hybridized carbons (Fsp3) is 0.417. The van der Waals surface area contributed by atoms with Crippen molar-refractivity contribution in [3.8, 4) is 11.5 Å². The van der Waals surface area contributed by atoms with E-state index in [4.69, 9.17) is 9.72 Å². The van der Waals surface area contributed by atoms with Crippen molar-refractivity contribution in [3.63, 3.8) is 0 Å². The van der Waals surface area contributed by atoms with Gasteiger partial charge in [-0.1, -0.05) is 72.4 Å². The first kappa shape index (κ1) is 30.7. The Bertz CT molecular complexity index is 1590. The highest BCUT2D eigenvalue weighted by Gasteiger charge is 2.25. The predicted octanol–water partition coefficient (Wildman–Crippen LogP) is 8.67. The maximum Gasteiger partial charge on any atom is 0.326 e. The van der Waals surface area contributed by atoms with Crippen LogP contribution in [0.15, 0.2) is 60.7 Å². The number of fused-ring (bicyclic) bond motifs is 1. The van der Waals surface area contributed by atoms with Gasteiger partial charge in [0.05, 0.1) is 0 Å². The molecule has 1 amide bonds. The molecule has 0 bridgehead atoms. The van der Waals surface area contributed by atoms with E-state index < -0.39 is 17.9 Å². The second kappa shape index (κ2) is 12.9. The average Bonchev–Trinajstić information content (AvgIpc) is 3.65. The molecule has 0 radical (unpaired) electrons. The number of hydrogen-bond donors (Lipinski definition) is 2. The van der Waals surface area contributed by atoms with Crippen LogP contribution in [0, 0.1) is 5.92 Å². The Morgan fingerprint density at radius 2 is 1.70 bits per heavy atom. The minimum absolute atomic E-state index is 0.0572. The lowest BCUT2D eigenvalue weighted by atomic mass is 9.87. The highest BCUT2D eigenvalue weighted by molar-refractivity contribution is 7.12. The van der Waals surface area contributed by atoms with Crippen molar-refractivity contribution >= 4 is 34.0 Å². The van der Waals surface area contributed by atoms with E-state index in [0.717, 1.165) is 46.4 Å². The lowest BCUT2D eigenvalue weighted by molar-refractivity contribution is -0.139. The average molecular weight is 599 g/mol. The molecule has 1 aliphatic carbocycles. The number of amides is 1. The molecule has 2 heterocycles. The van der Waals surface area contributed by atoms with Crippen LogP contribution in [0.5, 0.6) is 11.5 Å². The fourth-order valence-electron chi connectivity index (χ4n) is 5.74. The molecule has 1 saturated carbocycles. The van der Waals surface area contributed by atoms with Gasteiger partial charge in [-0.15, -0.1) is 11.3 Å². The third kappa shape index (κ3) is 7.63. The fourth-order valence-corrected chi connectivity index (χ4v) is 6.80. The van der Waals surface area contributed by atoms with Crippen molar-refractivity contribution in [2.24, 2.45) is 5.92 Å². The number of aromatic nitrogens is 1. The van der Waals surface area contributed by atoms with Gasteiger partial charge in [-0.3, -0.25) is 4.79 Å². The second-order valence-electron chi connectivity index (χ2n) is 13.1. The molecule has 6 nitrogen and oxygen atoms in total. The van der Waals surface area contributed by atoms with E-state index in [0.29, 0.717) is 17.6 Å². The third-order valence-electron chi connectivity index (χ3n) is 8.29. The lowest BCUT2D eigenvalue weighted by Gasteiger charge is -2.19. The van der Waals surface area contributed by atoms with Gasteiger partial charge in [0.15, 0.2) is 0 Å². The number of rotatable bonds is 10. The van der Waals surface area contributed by atoms with Crippen LogP contribution in [-0.4, -0.2) is 28.0 Å². The topological polar surface area (TPSA) is 88.5 Å². The summed E-state index contributed by atoms with van der Waals surface area (Å²) in [7, 11) is 0. The van der Waals surface area contributed by atoms with Crippen LogP contribution < -0.4 is 10.1 Å². The van der Waals surface area contributed by atoms with Gasteiger partial charge in [0, 0.05) is 27.3 Å². The summed E-state index contributed by atoms with van der Waals surface area (Å²) in [5.74, 6) is 0.770. The predicted molar refractivity (Wildman–Crippen MR) is 174 cm³/mol. The van der Waals surface area contributed by atoms with Crippen LogP contribution in [0.3, 0.4) is 0 Å². The molecule has 0 aliphatic heterocycles. The third-order valence-corrected chi connectivity index (χ3v) is 9.70. The molecule has 1 aliphatic rings. The maximum atomic E-state index is 13.5. The number of nitrogens with zero attached hydrogens (tertiary/aromatic N) is 1. The molecule has 2 aromatic heterocycles. The first-order chi connectivity index (χ1) is 20.5. The molecular formula is C36H42N2O4S. The quantitative estimate of drug-likeness (QED) is 0.191. The zero-order chi connectivity index (χ0) is 30.7. The van der Waals surface area contributed by atoms with Gasteiger partial charge < -0.3 is 15.2 Å². The summed E-state index contributed by atoms with van der Waals surface area (Å²) in [5.41, 5.74) is 2.40. The van der Waals surface area contributed by atoms with E-state index in [-0.39, 0.29) is 17.5 Å². The Morgan fingerprint density at radius 1 is 1.00 bits per heavy atom. The molecule has 0 unspecified atom stereocenters. The second-order valence-corrected chi connectivity index (χ2v) is 14.3. The Hall–Kier alpha value is -3.71. The largest absolute Gasteiger partial charge is 0.480 e. The van der Waals surface area contributed by atoms with E-state index in [2.05, 4.69) is 52.1 Å². The molecule has 226 valence electrons. The molecule has 1 fully saturated rings. The summed E-state index contributed by atoms with van der Waals surface area (Å²) in [5, 5.41) is 14.5. The van der Waals surface area contributed by atoms with Crippen molar-refractivity contribution < 1.29 is 19.4 Å². The molecule has 0 spiro atoms. The first-order valence-corrected chi connectivity index (χ1v) is 16.1. The van der Waals surface area contributed by atoms with Crippen molar-refractivity contribution in [1.82, 2.24) is 10.3 Å². The van der Waals surface area contributed by atoms with Crippen molar-refractivity contribution in [3.05, 3.63) is 87.4 Å². The molecule has 5 rings (SSSR count). The van der Waals surface area contributed by atoms with Gasteiger partial charge in [0.1, 0.15) is 23.2 Å². The zero-order valence-corrected chi connectivity index (χ0v) is 26.6. The Morgan fingerprint density at radius 3 is 2.33 bits per heavy atom. The van der Waals surface area contributed by atoms with Crippen LogP contribution in [0.1, 0.15) is 97.7 Å². The van der Waals surface area contributed by atoms with Crippen LogP contribution >= 0.6 is 11.3 Å². The number of benzene rings is 2. The number of nitrogens with one attached hydrogen (secondary N) is 1. The SMILES string of the molecule is CC(C)c1ccc(C[C@H](NC(=O)c2cc3cc(Oc4ccc(C(C)(C)C)cc4)ccc3c(CC3CCCC3)n2)C(=O)O)s1. The van der Waals surface area contributed by atoms with Crippen LogP contribution in [0.2, 0.25) is 0 Å². The van der Waals surface area contributed by atoms with Crippen molar-refractivity contribution in [1.29, 1.82) is 0 Å². The summed E-state index contributed by atoms with van der Waals surface area (Å²) in [6.07, 6.45) is 5.78. The lowest BCUT2D eigenvalue weighted by Crippen LogP contribution is -2.42. The Balaban J connectivity index is 1.42. The Labute approximate surface area is 258 Å². The van der Waals surface area contributed by atoms with E-state index in [9.17, 15) is 14.7 Å². The highest BCUT2D eigenvalue weighted by atomic mass is 32.1. The van der Waals surface area contributed by atoms with Gasteiger partial charge in [0.2, 0.25) is 0 Å². The molecule has 7 heteroatoms.